The zero-order valence-corrected chi connectivity index (χ0v) is 14.7. The van der Waals surface area contributed by atoms with Crippen LogP contribution in [-0.4, -0.2) is 60.0 Å². The van der Waals surface area contributed by atoms with Gasteiger partial charge in [-0.05, 0) is 11.6 Å². The Kier molecular flexibility index (Phi) is 5.15. The number of piperazine rings is 1. The molecule has 2 fully saturated rings. The molecule has 1 unspecified atom stereocenters. The molecular formula is C16H19BrN4O3. The van der Waals surface area contributed by atoms with Crippen molar-refractivity contribution in [1.29, 1.82) is 0 Å². The first kappa shape index (κ1) is 16.9. The first-order valence-corrected chi connectivity index (χ1v) is 8.68. The van der Waals surface area contributed by atoms with Crippen molar-refractivity contribution in [2.24, 2.45) is 0 Å². The molecule has 0 spiro atoms. The largest absolute Gasteiger partial charge is 0.340 e. The van der Waals surface area contributed by atoms with E-state index in [1.807, 2.05) is 34.1 Å². The van der Waals surface area contributed by atoms with Gasteiger partial charge in [-0.1, -0.05) is 34.1 Å². The highest BCUT2D eigenvalue weighted by Gasteiger charge is 2.31. The molecule has 4 amide bonds. The van der Waals surface area contributed by atoms with Crippen LogP contribution in [0.1, 0.15) is 12.0 Å². The van der Waals surface area contributed by atoms with E-state index in [0.29, 0.717) is 32.6 Å². The summed E-state index contributed by atoms with van der Waals surface area (Å²) in [6, 6.07) is 7.25. The Bertz CT molecular complexity index is 642. The fraction of sp³-hybridized carbons (Fsp3) is 0.438. The minimum atomic E-state index is -0.455. The lowest BCUT2D eigenvalue weighted by atomic mass is 10.1. The van der Waals surface area contributed by atoms with Gasteiger partial charge in [0.15, 0.2) is 0 Å². The van der Waals surface area contributed by atoms with Gasteiger partial charge in [-0.3, -0.25) is 19.8 Å². The fourth-order valence-electron chi connectivity index (χ4n) is 3.01. The summed E-state index contributed by atoms with van der Waals surface area (Å²) in [4.78, 5) is 39.2. The Morgan fingerprint density at radius 3 is 2.54 bits per heavy atom. The summed E-state index contributed by atoms with van der Waals surface area (Å²) < 4.78 is 0.938. The molecule has 1 aromatic rings. The molecule has 2 aliphatic rings. The average Bonchev–Trinajstić information content (AvgIpc) is 2.56. The zero-order valence-electron chi connectivity index (χ0n) is 13.1. The molecule has 0 saturated carbocycles. The normalized spacial score (nSPS) is 22.0. The van der Waals surface area contributed by atoms with E-state index < -0.39 is 6.03 Å². The molecule has 2 aliphatic heterocycles. The average molecular weight is 395 g/mol. The van der Waals surface area contributed by atoms with Crippen LogP contribution in [-0.2, 0) is 16.0 Å². The number of benzene rings is 1. The summed E-state index contributed by atoms with van der Waals surface area (Å²) in [5.41, 5.74) is 0.973. The summed E-state index contributed by atoms with van der Waals surface area (Å²) in [6.07, 6.45) is 0.326. The van der Waals surface area contributed by atoms with Crippen molar-refractivity contribution in [3.63, 3.8) is 0 Å². The van der Waals surface area contributed by atoms with Gasteiger partial charge in [-0.15, -0.1) is 0 Å². The molecule has 3 rings (SSSR count). The van der Waals surface area contributed by atoms with Crippen LogP contribution in [0, 0.1) is 0 Å². The van der Waals surface area contributed by atoms with E-state index in [-0.39, 0.29) is 24.4 Å². The maximum Gasteiger partial charge on any atom is 0.322 e. The number of imide groups is 1. The topological polar surface area (TPSA) is 81.8 Å². The second kappa shape index (κ2) is 7.31. The molecule has 1 aromatic carbocycles. The molecule has 128 valence electrons. The number of carbonyl (C=O) groups excluding carboxylic acids is 3. The number of hydrogen-bond acceptors (Lipinski definition) is 4. The van der Waals surface area contributed by atoms with Gasteiger partial charge in [-0.25, -0.2) is 4.79 Å². The molecule has 2 saturated heterocycles. The Morgan fingerprint density at radius 1 is 1.17 bits per heavy atom. The van der Waals surface area contributed by atoms with Gasteiger partial charge < -0.3 is 10.2 Å². The van der Waals surface area contributed by atoms with Gasteiger partial charge in [0.25, 0.3) is 0 Å². The second-order valence-corrected chi connectivity index (χ2v) is 6.78. The van der Waals surface area contributed by atoms with Crippen molar-refractivity contribution in [3.05, 3.63) is 34.3 Å². The van der Waals surface area contributed by atoms with Gasteiger partial charge in [0.1, 0.15) is 0 Å². The van der Waals surface area contributed by atoms with Gasteiger partial charge >= 0.3 is 6.03 Å². The number of nitrogens with zero attached hydrogens (tertiary/aromatic N) is 2. The Labute approximate surface area is 148 Å². The lowest BCUT2D eigenvalue weighted by Gasteiger charge is -2.40. The molecule has 0 aliphatic carbocycles. The highest BCUT2D eigenvalue weighted by Crippen LogP contribution is 2.18. The lowest BCUT2D eigenvalue weighted by Crippen LogP contribution is -2.62. The van der Waals surface area contributed by atoms with Crippen molar-refractivity contribution in [3.8, 4) is 0 Å². The lowest BCUT2D eigenvalue weighted by molar-refractivity contribution is -0.133. The van der Waals surface area contributed by atoms with Crippen molar-refractivity contribution in [2.45, 2.75) is 19.0 Å². The van der Waals surface area contributed by atoms with Crippen LogP contribution in [0.3, 0.4) is 0 Å². The number of hydrogen-bond donors (Lipinski definition) is 2. The number of carbonyl (C=O) groups is 3. The molecular weight excluding hydrogens is 376 g/mol. The standard InChI is InChI=1S/C16H19BrN4O3/c17-12-4-2-1-3-11(12)9-15(23)21-7-5-20(6-8-21)13-10-14(22)19-16(24)18-13/h1-4,13H,5-10H2,(H2,18,19,22,24). The van der Waals surface area contributed by atoms with E-state index >= 15 is 0 Å². The minimum Gasteiger partial charge on any atom is -0.340 e. The Balaban J connectivity index is 1.53. The predicted molar refractivity (Wildman–Crippen MR) is 91.1 cm³/mol. The van der Waals surface area contributed by atoms with Gasteiger partial charge in [0.2, 0.25) is 11.8 Å². The van der Waals surface area contributed by atoms with Crippen LogP contribution in [0.4, 0.5) is 4.79 Å². The highest BCUT2D eigenvalue weighted by molar-refractivity contribution is 9.10. The summed E-state index contributed by atoms with van der Waals surface area (Å²) in [7, 11) is 0. The first-order chi connectivity index (χ1) is 11.5. The smallest absolute Gasteiger partial charge is 0.322 e. The quantitative estimate of drug-likeness (QED) is 0.789. The number of urea groups is 1. The van der Waals surface area contributed by atoms with E-state index in [1.54, 1.807) is 0 Å². The molecule has 0 radical (unpaired) electrons. The monoisotopic (exact) mass is 394 g/mol. The third kappa shape index (κ3) is 3.93. The molecule has 2 N–H and O–H groups in total. The summed E-state index contributed by atoms with van der Waals surface area (Å²) in [5, 5.41) is 4.98. The molecule has 2 heterocycles. The molecule has 24 heavy (non-hydrogen) atoms. The molecule has 0 bridgehead atoms. The van der Waals surface area contributed by atoms with E-state index in [9.17, 15) is 14.4 Å². The van der Waals surface area contributed by atoms with Gasteiger partial charge in [0, 0.05) is 30.7 Å². The highest BCUT2D eigenvalue weighted by atomic mass is 79.9. The van der Waals surface area contributed by atoms with Crippen LogP contribution in [0.15, 0.2) is 28.7 Å². The SMILES string of the molecule is O=C1CC(N2CCN(C(=O)Cc3ccccc3Br)CC2)NC(=O)N1. The van der Waals surface area contributed by atoms with Crippen molar-refractivity contribution in [1.82, 2.24) is 20.4 Å². The first-order valence-electron chi connectivity index (χ1n) is 7.88. The van der Waals surface area contributed by atoms with E-state index in [4.69, 9.17) is 0 Å². The summed E-state index contributed by atoms with van der Waals surface area (Å²) in [6.45, 7) is 2.47. The maximum atomic E-state index is 12.5. The predicted octanol–water partition coefficient (Wildman–Crippen LogP) is 0.691. The third-order valence-corrected chi connectivity index (χ3v) is 5.11. The summed E-state index contributed by atoms with van der Waals surface area (Å²) in [5.74, 6) is -0.178. The summed E-state index contributed by atoms with van der Waals surface area (Å²) >= 11 is 3.46. The van der Waals surface area contributed by atoms with Crippen LogP contribution < -0.4 is 10.6 Å². The second-order valence-electron chi connectivity index (χ2n) is 5.93. The van der Waals surface area contributed by atoms with Gasteiger partial charge in [-0.2, -0.15) is 0 Å². The number of amides is 4. The number of nitrogens with one attached hydrogen (secondary N) is 2. The molecule has 0 aromatic heterocycles. The van der Waals surface area contributed by atoms with Crippen LogP contribution in [0.5, 0.6) is 0 Å². The van der Waals surface area contributed by atoms with Crippen LogP contribution in [0.2, 0.25) is 0 Å². The maximum absolute atomic E-state index is 12.5. The Hall–Kier alpha value is -1.93. The van der Waals surface area contributed by atoms with E-state index in [2.05, 4.69) is 26.6 Å². The number of rotatable bonds is 3. The molecule has 8 heteroatoms. The van der Waals surface area contributed by atoms with Crippen molar-refractivity contribution < 1.29 is 14.4 Å². The Morgan fingerprint density at radius 2 is 1.88 bits per heavy atom. The van der Waals surface area contributed by atoms with E-state index in [0.717, 1.165) is 10.0 Å². The molecule has 7 nitrogen and oxygen atoms in total. The molecule has 1 atom stereocenters. The van der Waals surface area contributed by atoms with Crippen molar-refractivity contribution >= 4 is 33.8 Å². The van der Waals surface area contributed by atoms with E-state index in [1.165, 1.54) is 0 Å². The third-order valence-electron chi connectivity index (χ3n) is 4.34. The zero-order chi connectivity index (χ0) is 17.1. The fourth-order valence-corrected chi connectivity index (χ4v) is 3.44. The van der Waals surface area contributed by atoms with Crippen LogP contribution in [0.25, 0.3) is 0 Å². The minimum absolute atomic E-state index is 0.0898. The van der Waals surface area contributed by atoms with Gasteiger partial charge in [0.05, 0.1) is 19.0 Å². The van der Waals surface area contributed by atoms with Crippen molar-refractivity contribution in [2.75, 3.05) is 26.2 Å². The van der Waals surface area contributed by atoms with Crippen LogP contribution >= 0.6 is 15.9 Å². The number of halogens is 1.